The van der Waals surface area contributed by atoms with Gasteiger partial charge in [0.25, 0.3) is 10.0 Å². The van der Waals surface area contributed by atoms with Gasteiger partial charge in [-0.2, -0.15) is 0 Å². The van der Waals surface area contributed by atoms with Crippen LogP contribution in [0.25, 0.3) is 0 Å². The summed E-state index contributed by atoms with van der Waals surface area (Å²) in [6.45, 7) is 4.98. The molecule has 0 fully saturated rings. The van der Waals surface area contributed by atoms with Gasteiger partial charge in [-0.3, -0.25) is 13.9 Å². The molecule has 41 heavy (non-hydrogen) atoms. The molecule has 9 nitrogen and oxygen atoms in total. The molecule has 0 bridgehead atoms. The normalized spacial score (nSPS) is 12.6. The molecule has 11 heteroatoms. The number of carbonyl (C=O) groups is 2. The van der Waals surface area contributed by atoms with Crippen molar-refractivity contribution in [3.63, 3.8) is 0 Å². The summed E-state index contributed by atoms with van der Waals surface area (Å²) in [6.07, 6.45) is 0.720. The van der Waals surface area contributed by atoms with Crippen molar-refractivity contribution in [2.45, 2.75) is 50.7 Å². The van der Waals surface area contributed by atoms with Gasteiger partial charge in [0.15, 0.2) is 0 Å². The molecular weight excluding hydrogens is 610 g/mol. The summed E-state index contributed by atoms with van der Waals surface area (Å²) in [6, 6.07) is 19.0. The number of nitrogens with zero attached hydrogens (tertiary/aromatic N) is 2. The van der Waals surface area contributed by atoms with Crippen LogP contribution in [0.1, 0.15) is 32.8 Å². The highest BCUT2D eigenvalue weighted by Crippen LogP contribution is 2.36. The Morgan fingerprint density at radius 3 is 2.20 bits per heavy atom. The molecule has 0 unspecified atom stereocenters. The molecule has 0 aliphatic heterocycles. The first kappa shape index (κ1) is 32.0. The molecule has 2 amide bonds. The molecule has 0 spiro atoms. The fourth-order valence-electron chi connectivity index (χ4n) is 4.06. The van der Waals surface area contributed by atoms with E-state index in [1.807, 2.05) is 38.1 Å². The minimum Gasteiger partial charge on any atom is -0.497 e. The monoisotopic (exact) mass is 645 g/mol. The molecule has 0 heterocycles. The molecule has 1 N–H and O–H groups in total. The fraction of sp³-hybridized carbons (Fsp3) is 0.333. The number of hydrogen-bond acceptors (Lipinski definition) is 6. The van der Waals surface area contributed by atoms with E-state index in [-0.39, 0.29) is 34.8 Å². The lowest BCUT2D eigenvalue weighted by molar-refractivity contribution is -0.139. The Bertz CT molecular complexity index is 1430. The van der Waals surface area contributed by atoms with Crippen LogP contribution in [0.5, 0.6) is 11.5 Å². The standard InChI is InChI=1S/C30H36BrN3O6S/c1-6-21(2)32-30(36)22(3)33(19-23-12-14-24(31)15-13-23)29(35)20-34(41(37,38)26-10-8-7-9-11-26)27-18-25(39-4)16-17-28(27)40-5/h7-18,21-22H,6,19-20H2,1-5H3,(H,32,36)/t21-,22+/m1/s1. The lowest BCUT2D eigenvalue weighted by Gasteiger charge is -2.33. The second-order valence-corrected chi connectivity index (χ2v) is 12.3. The van der Waals surface area contributed by atoms with E-state index in [0.29, 0.717) is 5.75 Å². The van der Waals surface area contributed by atoms with Crippen LogP contribution in [-0.2, 0) is 26.2 Å². The van der Waals surface area contributed by atoms with Gasteiger partial charge in [0, 0.05) is 23.1 Å². The second kappa shape index (κ2) is 14.4. The van der Waals surface area contributed by atoms with E-state index in [2.05, 4.69) is 21.2 Å². The van der Waals surface area contributed by atoms with Gasteiger partial charge in [0.2, 0.25) is 11.8 Å². The smallest absolute Gasteiger partial charge is 0.264 e. The van der Waals surface area contributed by atoms with Crippen molar-refractivity contribution in [2.75, 3.05) is 25.1 Å². The number of carbonyl (C=O) groups excluding carboxylic acids is 2. The molecule has 0 radical (unpaired) electrons. The van der Waals surface area contributed by atoms with Gasteiger partial charge in [-0.25, -0.2) is 8.42 Å². The summed E-state index contributed by atoms with van der Waals surface area (Å²) in [7, 11) is -1.36. The number of anilines is 1. The number of benzene rings is 3. The number of ether oxygens (including phenoxy) is 2. The van der Waals surface area contributed by atoms with Gasteiger partial charge in [-0.1, -0.05) is 53.2 Å². The Balaban J connectivity index is 2.10. The third-order valence-corrected chi connectivity index (χ3v) is 9.00. The molecule has 0 saturated carbocycles. The van der Waals surface area contributed by atoms with Crippen molar-refractivity contribution < 1.29 is 27.5 Å². The number of amides is 2. The molecule has 3 aromatic carbocycles. The first-order valence-corrected chi connectivity index (χ1v) is 15.4. The predicted molar refractivity (Wildman–Crippen MR) is 163 cm³/mol. The Hall–Kier alpha value is -3.57. The van der Waals surface area contributed by atoms with Crippen LogP contribution >= 0.6 is 15.9 Å². The third-order valence-electron chi connectivity index (χ3n) is 6.70. The summed E-state index contributed by atoms with van der Waals surface area (Å²) < 4.78 is 40.7. The number of methoxy groups -OCH3 is 2. The Labute approximate surface area is 250 Å². The maximum atomic E-state index is 14.1. The predicted octanol–water partition coefficient (Wildman–Crippen LogP) is 4.99. The van der Waals surface area contributed by atoms with Gasteiger partial charge in [0.1, 0.15) is 24.1 Å². The molecule has 3 rings (SSSR count). The van der Waals surface area contributed by atoms with Crippen LogP contribution in [0.3, 0.4) is 0 Å². The van der Waals surface area contributed by atoms with Crippen LogP contribution < -0.4 is 19.1 Å². The van der Waals surface area contributed by atoms with Crippen molar-refractivity contribution in [1.29, 1.82) is 0 Å². The molecule has 0 aromatic heterocycles. The van der Waals surface area contributed by atoms with Crippen LogP contribution in [0.4, 0.5) is 5.69 Å². The van der Waals surface area contributed by atoms with E-state index in [1.54, 1.807) is 37.3 Å². The molecule has 3 aromatic rings. The summed E-state index contributed by atoms with van der Waals surface area (Å²) >= 11 is 3.42. The van der Waals surface area contributed by atoms with Crippen molar-refractivity contribution in [3.8, 4) is 11.5 Å². The van der Waals surface area contributed by atoms with Crippen molar-refractivity contribution in [1.82, 2.24) is 10.2 Å². The molecule has 2 atom stereocenters. The second-order valence-electron chi connectivity index (χ2n) is 9.50. The minimum absolute atomic E-state index is 0.000283. The maximum Gasteiger partial charge on any atom is 0.264 e. The lowest BCUT2D eigenvalue weighted by atomic mass is 10.1. The zero-order valence-corrected chi connectivity index (χ0v) is 26.2. The fourth-order valence-corrected chi connectivity index (χ4v) is 5.76. The van der Waals surface area contributed by atoms with Crippen molar-refractivity contribution in [2.24, 2.45) is 0 Å². The highest BCUT2D eigenvalue weighted by Gasteiger charge is 2.34. The zero-order valence-electron chi connectivity index (χ0n) is 23.8. The van der Waals surface area contributed by atoms with Crippen LogP contribution in [-0.4, -0.2) is 58.0 Å². The van der Waals surface area contributed by atoms with Crippen molar-refractivity contribution in [3.05, 3.63) is 82.8 Å². The first-order chi connectivity index (χ1) is 19.5. The SMILES string of the molecule is CC[C@@H](C)NC(=O)[C@H](C)N(Cc1ccc(Br)cc1)C(=O)CN(c1cc(OC)ccc1OC)S(=O)(=O)c1ccccc1. The highest BCUT2D eigenvalue weighted by molar-refractivity contribution is 9.10. The summed E-state index contributed by atoms with van der Waals surface area (Å²) in [5, 5.41) is 2.93. The van der Waals surface area contributed by atoms with E-state index in [9.17, 15) is 18.0 Å². The average Bonchev–Trinajstić information content (AvgIpc) is 2.98. The van der Waals surface area contributed by atoms with Crippen LogP contribution in [0, 0.1) is 0 Å². The van der Waals surface area contributed by atoms with Gasteiger partial charge < -0.3 is 19.7 Å². The topological polar surface area (TPSA) is 105 Å². The van der Waals surface area contributed by atoms with E-state index in [4.69, 9.17) is 9.47 Å². The number of nitrogens with one attached hydrogen (secondary N) is 1. The van der Waals surface area contributed by atoms with Gasteiger partial charge in [-0.15, -0.1) is 0 Å². The zero-order chi connectivity index (χ0) is 30.2. The van der Waals surface area contributed by atoms with Gasteiger partial charge in [-0.05, 0) is 62.2 Å². The molecule has 220 valence electrons. The summed E-state index contributed by atoms with van der Waals surface area (Å²) in [4.78, 5) is 28.7. The lowest BCUT2D eigenvalue weighted by Crippen LogP contribution is -2.52. The van der Waals surface area contributed by atoms with E-state index in [0.717, 1.165) is 20.8 Å². The Morgan fingerprint density at radius 2 is 1.61 bits per heavy atom. The summed E-state index contributed by atoms with van der Waals surface area (Å²) in [5.41, 5.74) is 0.908. The molecular formula is C30H36BrN3O6S. The molecule has 0 aliphatic rings. The number of hydrogen-bond donors (Lipinski definition) is 1. The molecule has 0 aliphatic carbocycles. The van der Waals surface area contributed by atoms with E-state index < -0.39 is 28.5 Å². The maximum absolute atomic E-state index is 14.1. The highest BCUT2D eigenvalue weighted by atomic mass is 79.9. The largest absolute Gasteiger partial charge is 0.497 e. The third kappa shape index (κ3) is 8.01. The van der Waals surface area contributed by atoms with E-state index >= 15 is 0 Å². The number of sulfonamides is 1. The Morgan fingerprint density at radius 1 is 0.951 bits per heavy atom. The minimum atomic E-state index is -4.24. The number of rotatable bonds is 13. The summed E-state index contributed by atoms with van der Waals surface area (Å²) in [5.74, 6) is -0.278. The first-order valence-electron chi connectivity index (χ1n) is 13.2. The van der Waals surface area contributed by atoms with Crippen LogP contribution in [0.15, 0.2) is 82.2 Å². The van der Waals surface area contributed by atoms with Gasteiger partial charge in [0.05, 0.1) is 24.8 Å². The Kier molecular flexibility index (Phi) is 11.2. The van der Waals surface area contributed by atoms with Crippen LogP contribution in [0.2, 0.25) is 0 Å². The van der Waals surface area contributed by atoms with Gasteiger partial charge >= 0.3 is 0 Å². The number of halogens is 1. The average molecular weight is 647 g/mol. The van der Waals surface area contributed by atoms with Crippen molar-refractivity contribution >= 4 is 43.5 Å². The quantitative estimate of drug-likeness (QED) is 0.281. The molecule has 0 saturated heterocycles. The van der Waals surface area contributed by atoms with E-state index in [1.165, 1.54) is 37.3 Å².